The molecule has 20 heavy (non-hydrogen) atoms. The molecule has 5 nitrogen and oxygen atoms in total. The summed E-state index contributed by atoms with van der Waals surface area (Å²) in [6.07, 6.45) is 3.32. The topological polar surface area (TPSA) is 61.4 Å². The summed E-state index contributed by atoms with van der Waals surface area (Å²) in [6.45, 7) is 1.38. The van der Waals surface area contributed by atoms with E-state index in [1.807, 2.05) is 12.1 Å². The van der Waals surface area contributed by atoms with Gasteiger partial charge < -0.3 is 5.32 Å². The van der Waals surface area contributed by atoms with E-state index in [0.29, 0.717) is 18.3 Å². The van der Waals surface area contributed by atoms with E-state index in [0.717, 1.165) is 16.5 Å². The van der Waals surface area contributed by atoms with E-state index in [-0.39, 0.29) is 0 Å². The van der Waals surface area contributed by atoms with Crippen LogP contribution in [0.3, 0.4) is 0 Å². The van der Waals surface area contributed by atoms with Crippen LogP contribution in [0.4, 0.5) is 5.69 Å². The molecule has 0 aromatic heterocycles. The smallest absolute Gasteiger partial charge is 0.301 e. The Bertz CT molecular complexity index is 546. The molecule has 1 fully saturated rings. The zero-order chi connectivity index (χ0) is 14.6. The average Bonchev–Trinajstić information content (AvgIpc) is 3.17. The second kappa shape index (κ2) is 7.06. The van der Waals surface area contributed by atoms with Gasteiger partial charge in [0.05, 0.1) is 5.69 Å². The largest absolute Gasteiger partial charge is 0.314 e. The molecule has 0 aliphatic heterocycles. The predicted octanol–water partition coefficient (Wildman–Crippen LogP) is 2.02. The van der Waals surface area contributed by atoms with Crippen molar-refractivity contribution in [2.45, 2.75) is 25.3 Å². The monoisotopic (exact) mass is 409 g/mol. The molecule has 0 atom stereocenters. The van der Waals surface area contributed by atoms with E-state index in [4.69, 9.17) is 0 Å². The van der Waals surface area contributed by atoms with Crippen LogP contribution in [-0.4, -0.2) is 38.9 Å². The highest BCUT2D eigenvalue weighted by atomic mass is 127. The lowest BCUT2D eigenvalue weighted by Crippen LogP contribution is -2.34. The lowest BCUT2D eigenvalue weighted by Gasteiger charge is -2.18. The molecule has 0 saturated heterocycles. The van der Waals surface area contributed by atoms with Crippen molar-refractivity contribution in [3.63, 3.8) is 0 Å². The van der Waals surface area contributed by atoms with Crippen molar-refractivity contribution >= 4 is 38.5 Å². The number of hydrogen-bond acceptors (Lipinski definition) is 3. The highest BCUT2D eigenvalue weighted by molar-refractivity contribution is 14.1. The zero-order valence-electron chi connectivity index (χ0n) is 11.5. The number of nitrogens with one attached hydrogen (secondary N) is 2. The summed E-state index contributed by atoms with van der Waals surface area (Å²) >= 11 is 2.16. The van der Waals surface area contributed by atoms with Crippen LogP contribution >= 0.6 is 22.6 Å². The molecule has 0 radical (unpaired) electrons. The highest BCUT2D eigenvalue weighted by Gasteiger charge is 2.20. The third-order valence-corrected chi connectivity index (χ3v) is 5.31. The average molecular weight is 409 g/mol. The van der Waals surface area contributed by atoms with Crippen molar-refractivity contribution in [1.82, 2.24) is 9.62 Å². The van der Waals surface area contributed by atoms with Crippen molar-refractivity contribution in [3.8, 4) is 0 Å². The van der Waals surface area contributed by atoms with Gasteiger partial charge in [-0.15, -0.1) is 0 Å². The van der Waals surface area contributed by atoms with Crippen molar-refractivity contribution in [2.24, 2.45) is 0 Å². The standard InChI is InChI=1S/C13H20IN3O2S/c1-17(9-3-8-15-12-6-7-12)20(18,19)16-13-5-2-4-11(14)10-13/h2,4-5,10,12,15-16H,3,6-9H2,1H3. The number of benzene rings is 1. The van der Waals surface area contributed by atoms with Gasteiger partial charge in [0.2, 0.25) is 0 Å². The Hall–Kier alpha value is -0.380. The molecule has 1 aliphatic rings. The maximum absolute atomic E-state index is 12.1. The number of halogens is 1. The van der Waals surface area contributed by atoms with Gasteiger partial charge in [-0.05, 0) is 66.6 Å². The van der Waals surface area contributed by atoms with Crippen molar-refractivity contribution in [2.75, 3.05) is 24.9 Å². The van der Waals surface area contributed by atoms with Gasteiger partial charge in [-0.3, -0.25) is 4.72 Å². The number of hydrogen-bond donors (Lipinski definition) is 2. The fourth-order valence-corrected chi connectivity index (χ4v) is 3.29. The van der Waals surface area contributed by atoms with Gasteiger partial charge in [-0.2, -0.15) is 12.7 Å². The molecule has 0 bridgehead atoms. The fraction of sp³-hybridized carbons (Fsp3) is 0.538. The van der Waals surface area contributed by atoms with Crippen molar-refractivity contribution in [1.29, 1.82) is 0 Å². The van der Waals surface area contributed by atoms with E-state index in [9.17, 15) is 8.42 Å². The molecule has 0 spiro atoms. The Kier molecular flexibility index (Phi) is 5.65. The van der Waals surface area contributed by atoms with E-state index in [1.165, 1.54) is 17.1 Å². The molecule has 0 unspecified atom stereocenters. The quantitative estimate of drug-likeness (QED) is 0.510. The summed E-state index contributed by atoms with van der Waals surface area (Å²) in [5.74, 6) is 0. The van der Waals surface area contributed by atoms with Gasteiger partial charge in [-0.25, -0.2) is 0 Å². The first kappa shape index (κ1) is 16.0. The minimum absolute atomic E-state index is 0.513. The Morgan fingerprint density at radius 3 is 2.80 bits per heavy atom. The summed E-state index contributed by atoms with van der Waals surface area (Å²) in [4.78, 5) is 0. The van der Waals surface area contributed by atoms with Gasteiger partial charge >= 0.3 is 10.2 Å². The summed E-state index contributed by atoms with van der Waals surface area (Å²) < 4.78 is 29.2. The number of anilines is 1. The maximum atomic E-state index is 12.1. The van der Waals surface area contributed by atoms with Gasteiger partial charge in [0, 0.05) is 23.2 Å². The van der Waals surface area contributed by atoms with Crippen LogP contribution < -0.4 is 10.0 Å². The third kappa shape index (κ3) is 5.19. The molecule has 1 aliphatic carbocycles. The first-order valence-electron chi connectivity index (χ1n) is 6.70. The van der Waals surface area contributed by atoms with E-state index < -0.39 is 10.2 Å². The Morgan fingerprint density at radius 2 is 2.15 bits per heavy atom. The summed E-state index contributed by atoms with van der Waals surface area (Å²) in [5, 5.41) is 3.38. The first-order valence-corrected chi connectivity index (χ1v) is 9.22. The summed E-state index contributed by atoms with van der Waals surface area (Å²) in [5.41, 5.74) is 0.597. The normalized spacial score (nSPS) is 15.6. The molecule has 1 aromatic rings. The van der Waals surface area contributed by atoms with Gasteiger partial charge in [0.15, 0.2) is 0 Å². The summed E-state index contributed by atoms with van der Waals surface area (Å²) in [7, 11) is -1.86. The molecule has 1 aromatic carbocycles. The van der Waals surface area contributed by atoms with Crippen molar-refractivity contribution in [3.05, 3.63) is 27.8 Å². The molecule has 7 heteroatoms. The Labute approximate surface area is 134 Å². The predicted molar refractivity (Wildman–Crippen MR) is 90.0 cm³/mol. The molecule has 2 N–H and O–H groups in total. The fourth-order valence-electron chi connectivity index (χ4n) is 1.79. The minimum atomic E-state index is -3.46. The first-order chi connectivity index (χ1) is 9.47. The molecule has 0 heterocycles. The Morgan fingerprint density at radius 1 is 1.40 bits per heavy atom. The van der Waals surface area contributed by atoms with Crippen LogP contribution in [0, 0.1) is 3.57 Å². The Balaban J connectivity index is 1.81. The second-order valence-corrected chi connectivity index (χ2v) is 8.04. The van der Waals surface area contributed by atoms with Crippen LogP contribution in [0.5, 0.6) is 0 Å². The van der Waals surface area contributed by atoms with Gasteiger partial charge in [-0.1, -0.05) is 6.07 Å². The van der Waals surface area contributed by atoms with E-state index in [1.54, 1.807) is 19.2 Å². The summed E-state index contributed by atoms with van der Waals surface area (Å²) in [6, 6.07) is 7.98. The lowest BCUT2D eigenvalue weighted by molar-refractivity contribution is 0.458. The second-order valence-electron chi connectivity index (χ2n) is 5.02. The molecule has 1 saturated carbocycles. The van der Waals surface area contributed by atoms with Crippen LogP contribution in [0.25, 0.3) is 0 Å². The molecular formula is C13H20IN3O2S. The zero-order valence-corrected chi connectivity index (χ0v) is 14.4. The number of nitrogens with zero attached hydrogens (tertiary/aromatic N) is 1. The SMILES string of the molecule is CN(CCCNC1CC1)S(=O)(=O)Nc1cccc(I)c1. The van der Waals surface area contributed by atoms with Crippen LogP contribution in [-0.2, 0) is 10.2 Å². The number of rotatable bonds is 8. The highest BCUT2D eigenvalue weighted by Crippen LogP contribution is 2.18. The molecular weight excluding hydrogens is 389 g/mol. The van der Waals surface area contributed by atoms with Crippen LogP contribution in [0.2, 0.25) is 0 Å². The molecule has 112 valence electrons. The van der Waals surface area contributed by atoms with E-state index in [2.05, 4.69) is 32.6 Å². The van der Waals surface area contributed by atoms with Crippen molar-refractivity contribution < 1.29 is 8.42 Å². The molecule has 0 amide bonds. The lowest BCUT2D eigenvalue weighted by atomic mass is 10.3. The minimum Gasteiger partial charge on any atom is -0.314 e. The maximum Gasteiger partial charge on any atom is 0.301 e. The van der Waals surface area contributed by atoms with Crippen LogP contribution in [0.15, 0.2) is 24.3 Å². The molecule has 2 rings (SSSR count). The van der Waals surface area contributed by atoms with E-state index >= 15 is 0 Å². The van der Waals surface area contributed by atoms with Crippen LogP contribution in [0.1, 0.15) is 19.3 Å². The van der Waals surface area contributed by atoms with Gasteiger partial charge in [0.25, 0.3) is 0 Å². The van der Waals surface area contributed by atoms with Gasteiger partial charge in [0.1, 0.15) is 0 Å². The third-order valence-electron chi connectivity index (χ3n) is 3.14.